The van der Waals surface area contributed by atoms with Gasteiger partial charge in [-0.2, -0.15) is 5.10 Å². The summed E-state index contributed by atoms with van der Waals surface area (Å²) in [6.45, 7) is 6.19. The van der Waals surface area contributed by atoms with Crippen LogP contribution < -0.4 is 25.0 Å². The molecule has 216 valence electrons. The van der Waals surface area contributed by atoms with Crippen LogP contribution in [-0.2, 0) is 5.41 Å². The van der Waals surface area contributed by atoms with E-state index in [0.29, 0.717) is 23.0 Å². The number of nitrogens with zero attached hydrogens (tertiary/aromatic N) is 4. The van der Waals surface area contributed by atoms with Gasteiger partial charge in [0.15, 0.2) is 5.50 Å². The normalized spacial score (nSPS) is 15.4. The van der Waals surface area contributed by atoms with Crippen molar-refractivity contribution in [1.29, 1.82) is 0 Å². The van der Waals surface area contributed by atoms with Crippen LogP contribution in [0.1, 0.15) is 26.5 Å². The number of aromatic nitrogens is 2. The maximum absolute atomic E-state index is 13.0. The third kappa shape index (κ3) is 5.48. The molecule has 3 aromatic carbocycles. The number of hydrogen-bond acceptors (Lipinski definition) is 8. The van der Waals surface area contributed by atoms with E-state index >= 15 is 0 Å². The number of ether oxygens (including phenoxy) is 2. The number of fused-ring (bicyclic) bond motifs is 3. The van der Waals surface area contributed by atoms with Crippen molar-refractivity contribution >= 4 is 35.0 Å². The molecular weight excluding hydrogens is 552 g/mol. The van der Waals surface area contributed by atoms with E-state index in [1.165, 1.54) is 0 Å². The average molecular weight is 585 g/mol. The Kier molecular flexibility index (Phi) is 7.21. The lowest BCUT2D eigenvalue weighted by Gasteiger charge is -2.23. The van der Waals surface area contributed by atoms with Crippen molar-refractivity contribution in [3.05, 3.63) is 90.9 Å². The molecule has 2 aliphatic heterocycles. The number of carbonyl (C=O) groups is 1. The summed E-state index contributed by atoms with van der Waals surface area (Å²) in [6.07, 6.45) is 3.84. The van der Waals surface area contributed by atoms with Crippen LogP contribution in [-0.4, -0.2) is 45.2 Å². The Bertz CT molecular complexity index is 1630. The molecule has 0 aliphatic carbocycles. The third-order valence-corrected chi connectivity index (χ3v) is 8.24. The number of aliphatic hydroxyl groups is 1. The van der Waals surface area contributed by atoms with E-state index in [4.69, 9.17) is 14.6 Å². The van der Waals surface area contributed by atoms with Crippen LogP contribution in [0.2, 0.25) is 0 Å². The molecule has 6 rings (SSSR count). The highest BCUT2D eigenvalue weighted by Crippen LogP contribution is 2.48. The van der Waals surface area contributed by atoms with Gasteiger partial charge in [-0.1, -0.05) is 32.5 Å². The average Bonchev–Trinajstić information content (AvgIpc) is 3.68. The predicted octanol–water partition coefficient (Wildman–Crippen LogP) is 6.55. The van der Waals surface area contributed by atoms with Crippen molar-refractivity contribution in [2.24, 2.45) is 0 Å². The van der Waals surface area contributed by atoms with Crippen molar-refractivity contribution in [2.75, 3.05) is 29.4 Å². The maximum Gasteiger partial charge on any atom is 0.324 e. The minimum atomic E-state index is -0.389. The van der Waals surface area contributed by atoms with E-state index in [-0.39, 0.29) is 23.7 Å². The number of amides is 2. The Hall–Kier alpha value is -4.61. The van der Waals surface area contributed by atoms with Gasteiger partial charge in [0, 0.05) is 40.5 Å². The van der Waals surface area contributed by atoms with Gasteiger partial charge in [0.2, 0.25) is 0 Å². The van der Waals surface area contributed by atoms with Gasteiger partial charge in [0.05, 0.1) is 24.2 Å². The molecule has 10 nitrogen and oxygen atoms in total. The fraction of sp³-hybridized carbons (Fsp3) is 0.226. The molecule has 0 saturated carbocycles. The van der Waals surface area contributed by atoms with Crippen LogP contribution >= 0.6 is 11.8 Å². The number of urea groups is 1. The van der Waals surface area contributed by atoms with Crippen LogP contribution in [0.4, 0.5) is 22.0 Å². The zero-order valence-corrected chi connectivity index (χ0v) is 24.6. The minimum Gasteiger partial charge on any atom is -0.497 e. The highest BCUT2D eigenvalue weighted by atomic mass is 32.2. The first kappa shape index (κ1) is 27.6. The van der Waals surface area contributed by atoms with Crippen molar-refractivity contribution in [1.82, 2.24) is 14.7 Å². The summed E-state index contributed by atoms with van der Waals surface area (Å²) in [5.41, 5.74) is 3.12. The second-order valence-electron chi connectivity index (χ2n) is 10.9. The van der Waals surface area contributed by atoms with Crippen molar-refractivity contribution in [2.45, 2.75) is 36.6 Å². The van der Waals surface area contributed by atoms with Gasteiger partial charge in [0.1, 0.15) is 29.8 Å². The Morgan fingerprint density at radius 3 is 2.36 bits per heavy atom. The van der Waals surface area contributed by atoms with Crippen LogP contribution in [0, 0.1) is 0 Å². The minimum absolute atomic E-state index is 0.0200. The third-order valence-electron chi connectivity index (χ3n) is 6.93. The summed E-state index contributed by atoms with van der Waals surface area (Å²) in [5, 5.41) is 20.2. The topological polar surface area (TPSA) is 104 Å². The molecule has 3 heterocycles. The number of methoxy groups -OCH3 is 1. The highest BCUT2D eigenvalue weighted by molar-refractivity contribution is 8.00. The number of carbonyl (C=O) groups excluding carboxylic acids is 1. The first-order chi connectivity index (χ1) is 20.2. The molecule has 3 N–H and O–H groups in total. The SMILES string of the molecule is COc1ccc(-n2nc(C(C)(C)C)cc2NC(=O)Nc2ccc(Oc3ccc4c(c3)N3C=CN(CO)C3S4)cc2)cc1. The van der Waals surface area contributed by atoms with Crippen molar-refractivity contribution < 1.29 is 19.4 Å². The molecule has 0 bridgehead atoms. The lowest BCUT2D eigenvalue weighted by Crippen LogP contribution is -2.33. The standard InChI is InChI=1S/C31H32N6O4S/c1-31(2,3)27-18-28(37(34-27)21-7-11-22(40-4)12-8-21)33-29(39)32-20-5-9-23(10-6-20)41-24-13-14-26-25(17-24)36-16-15-35(19-38)30(36)42-26/h5-18,30,38H,19H2,1-4H3,(H2,32,33,39). The summed E-state index contributed by atoms with van der Waals surface area (Å²) < 4.78 is 13.1. The van der Waals surface area contributed by atoms with E-state index in [1.807, 2.05) is 78.0 Å². The molecular formula is C31H32N6O4S. The van der Waals surface area contributed by atoms with Gasteiger partial charge in [0.25, 0.3) is 0 Å². The number of hydrogen-bond donors (Lipinski definition) is 3. The van der Waals surface area contributed by atoms with E-state index < -0.39 is 0 Å². The Balaban J connectivity index is 1.12. The monoisotopic (exact) mass is 584 g/mol. The zero-order chi connectivity index (χ0) is 29.4. The summed E-state index contributed by atoms with van der Waals surface area (Å²) in [6, 6.07) is 22.1. The van der Waals surface area contributed by atoms with E-state index in [1.54, 1.807) is 35.7 Å². The van der Waals surface area contributed by atoms with Crippen molar-refractivity contribution in [3.8, 4) is 22.9 Å². The lowest BCUT2D eigenvalue weighted by atomic mass is 9.92. The van der Waals surface area contributed by atoms with Crippen LogP contribution in [0.5, 0.6) is 17.2 Å². The molecule has 0 fully saturated rings. The molecule has 11 heteroatoms. The molecule has 1 aromatic heterocycles. The van der Waals surface area contributed by atoms with Gasteiger partial charge < -0.3 is 29.7 Å². The lowest BCUT2D eigenvalue weighted by molar-refractivity contribution is 0.152. The van der Waals surface area contributed by atoms with Crippen LogP contribution in [0.3, 0.4) is 0 Å². The molecule has 4 aromatic rings. The van der Waals surface area contributed by atoms with E-state index in [0.717, 1.165) is 27.7 Å². The predicted molar refractivity (Wildman–Crippen MR) is 165 cm³/mol. The zero-order valence-electron chi connectivity index (χ0n) is 23.7. The van der Waals surface area contributed by atoms with Gasteiger partial charge in [-0.25, -0.2) is 9.48 Å². The van der Waals surface area contributed by atoms with Gasteiger partial charge >= 0.3 is 6.03 Å². The molecule has 42 heavy (non-hydrogen) atoms. The number of thioether (sulfide) groups is 1. The number of nitrogens with one attached hydrogen (secondary N) is 2. The number of anilines is 3. The summed E-state index contributed by atoms with van der Waals surface area (Å²) in [7, 11) is 1.62. The highest BCUT2D eigenvalue weighted by Gasteiger charge is 2.35. The fourth-order valence-corrected chi connectivity index (χ4v) is 5.89. The quantitative estimate of drug-likeness (QED) is 0.225. The molecule has 1 atom stereocenters. The Morgan fingerprint density at radius 2 is 1.67 bits per heavy atom. The van der Waals surface area contributed by atoms with Gasteiger partial charge in [-0.05, 0) is 60.7 Å². The molecule has 0 spiro atoms. The molecule has 1 unspecified atom stereocenters. The number of benzene rings is 3. The maximum atomic E-state index is 13.0. The first-order valence-electron chi connectivity index (χ1n) is 13.5. The van der Waals surface area contributed by atoms with Crippen LogP contribution in [0.25, 0.3) is 5.69 Å². The van der Waals surface area contributed by atoms with E-state index in [2.05, 4.69) is 36.3 Å². The first-order valence-corrected chi connectivity index (χ1v) is 14.3. The Morgan fingerprint density at radius 1 is 0.952 bits per heavy atom. The smallest absolute Gasteiger partial charge is 0.324 e. The number of rotatable bonds is 7. The fourth-order valence-electron chi connectivity index (χ4n) is 4.66. The molecule has 0 saturated heterocycles. The second kappa shape index (κ2) is 11.0. The van der Waals surface area contributed by atoms with Crippen molar-refractivity contribution in [3.63, 3.8) is 0 Å². The summed E-state index contributed by atoms with van der Waals surface area (Å²) in [5.74, 6) is 2.63. The van der Waals surface area contributed by atoms with E-state index in [9.17, 15) is 9.90 Å². The molecule has 0 radical (unpaired) electrons. The van der Waals surface area contributed by atoms with Gasteiger partial charge in [-0.15, -0.1) is 0 Å². The number of aliphatic hydroxyl groups excluding tert-OH is 1. The van der Waals surface area contributed by atoms with Gasteiger partial charge in [-0.3, -0.25) is 5.32 Å². The summed E-state index contributed by atoms with van der Waals surface area (Å²) in [4.78, 5) is 18.1. The summed E-state index contributed by atoms with van der Waals surface area (Å²) >= 11 is 1.68. The molecule has 2 aliphatic rings. The van der Waals surface area contributed by atoms with Crippen LogP contribution in [0.15, 0.2) is 90.1 Å². The molecule has 2 amide bonds. The largest absolute Gasteiger partial charge is 0.497 e. The Labute approximate surface area is 248 Å². The second-order valence-corrected chi connectivity index (χ2v) is 12.0.